The normalized spacial score (nSPS) is 22.6. The van der Waals surface area contributed by atoms with Gasteiger partial charge >= 0.3 is 0 Å². The molecule has 0 spiro atoms. The zero-order valence-corrected chi connectivity index (χ0v) is 9.49. The topological polar surface area (TPSA) is 34.2 Å². The summed E-state index contributed by atoms with van der Waals surface area (Å²) >= 11 is 1.77. The third-order valence-corrected chi connectivity index (χ3v) is 3.55. The molecule has 1 N–H and O–H groups in total. The van der Waals surface area contributed by atoms with Crippen LogP contribution in [0.3, 0.4) is 0 Å². The fourth-order valence-corrected chi connectivity index (χ4v) is 2.70. The van der Waals surface area contributed by atoms with E-state index in [9.17, 15) is 0 Å². The van der Waals surface area contributed by atoms with Gasteiger partial charge in [-0.1, -0.05) is 6.92 Å². The third-order valence-electron chi connectivity index (χ3n) is 2.45. The second-order valence-corrected chi connectivity index (χ2v) is 4.71. The summed E-state index contributed by atoms with van der Waals surface area (Å²) in [4.78, 5) is 5.94. The zero-order valence-electron chi connectivity index (χ0n) is 8.67. The van der Waals surface area contributed by atoms with Crippen molar-refractivity contribution in [2.45, 2.75) is 26.4 Å². The van der Waals surface area contributed by atoms with Crippen molar-refractivity contribution in [1.29, 1.82) is 0 Å². The number of hydrogen-bond acceptors (Lipinski definition) is 4. The monoisotopic (exact) mass is 212 g/mol. The van der Waals surface area contributed by atoms with E-state index in [1.165, 1.54) is 10.6 Å². The molecule has 14 heavy (non-hydrogen) atoms. The second-order valence-electron chi connectivity index (χ2n) is 3.47. The van der Waals surface area contributed by atoms with Gasteiger partial charge in [-0.05, 0) is 13.3 Å². The minimum atomic E-state index is 0.174. The summed E-state index contributed by atoms with van der Waals surface area (Å²) in [7, 11) is 0. The Morgan fingerprint density at radius 1 is 1.64 bits per heavy atom. The van der Waals surface area contributed by atoms with Crippen molar-refractivity contribution in [2.75, 3.05) is 19.7 Å². The van der Waals surface area contributed by atoms with Gasteiger partial charge in [0.2, 0.25) is 0 Å². The van der Waals surface area contributed by atoms with Crippen LogP contribution in [-0.2, 0) is 11.2 Å². The van der Waals surface area contributed by atoms with Crippen LogP contribution in [0.1, 0.15) is 28.6 Å². The maximum atomic E-state index is 5.66. The van der Waals surface area contributed by atoms with Crippen molar-refractivity contribution < 1.29 is 4.74 Å². The number of ether oxygens (including phenoxy) is 1. The van der Waals surface area contributed by atoms with Gasteiger partial charge in [0, 0.05) is 18.0 Å². The molecular weight excluding hydrogens is 196 g/mol. The van der Waals surface area contributed by atoms with Crippen LogP contribution in [-0.4, -0.2) is 24.7 Å². The van der Waals surface area contributed by atoms with Gasteiger partial charge in [-0.25, -0.2) is 4.98 Å². The van der Waals surface area contributed by atoms with Crippen LogP contribution in [0.15, 0.2) is 0 Å². The highest BCUT2D eigenvalue weighted by atomic mass is 32.1. The standard InChI is InChI=1S/C10H16N2OS/c1-3-8-7(2)14-10(12-8)9-6-11-4-5-13-9/h9,11H,3-6H2,1-2H3. The molecule has 0 radical (unpaired) electrons. The van der Waals surface area contributed by atoms with E-state index in [1.807, 2.05) is 0 Å². The number of nitrogens with one attached hydrogen (secondary N) is 1. The summed E-state index contributed by atoms with van der Waals surface area (Å²) in [5, 5.41) is 4.45. The van der Waals surface area contributed by atoms with Crippen molar-refractivity contribution in [1.82, 2.24) is 10.3 Å². The molecule has 1 unspecified atom stereocenters. The van der Waals surface area contributed by atoms with Gasteiger partial charge in [0.1, 0.15) is 11.1 Å². The minimum absolute atomic E-state index is 0.174. The van der Waals surface area contributed by atoms with Crippen molar-refractivity contribution in [3.05, 3.63) is 15.6 Å². The minimum Gasteiger partial charge on any atom is -0.368 e. The van der Waals surface area contributed by atoms with Crippen molar-refractivity contribution in [2.24, 2.45) is 0 Å². The molecule has 0 amide bonds. The Kier molecular flexibility index (Phi) is 3.15. The van der Waals surface area contributed by atoms with E-state index in [-0.39, 0.29) is 6.10 Å². The third kappa shape index (κ3) is 1.97. The van der Waals surface area contributed by atoms with E-state index >= 15 is 0 Å². The van der Waals surface area contributed by atoms with E-state index in [2.05, 4.69) is 24.1 Å². The van der Waals surface area contributed by atoms with Gasteiger partial charge in [0.15, 0.2) is 0 Å². The van der Waals surface area contributed by atoms with Crippen molar-refractivity contribution in [3.8, 4) is 0 Å². The van der Waals surface area contributed by atoms with Gasteiger partial charge in [0.05, 0.1) is 12.3 Å². The van der Waals surface area contributed by atoms with Crippen LogP contribution >= 0.6 is 11.3 Å². The lowest BCUT2D eigenvalue weighted by Crippen LogP contribution is -2.33. The highest BCUT2D eigenvalue weighted by Gasteiger charge is 2.19. The Morgan fingerprint density at radius 3 is 3.07 bits per heavy atom. The Labute approximate surface area is 88.5 Å². The molecular formula is C10H16N2OS. The number of rotatable bonds is 2. The first-order valence-electron chi connectivity index (χ1n) is 5.09. The Morgan fingerprint density at radius 2 is 2.50 bits per heavy atom. The second kappa shape index (κ2) is 4.38. The van der Waals surface area contributed by atoms with Crippen LogP contribution in [0.25, 0.3) is 0 Å². The number of hydrogen-bond donors (Lipinski definition) is 1. The van der Waals surface area contributed by atoms with Crippen LogP contribution in [0.4, 0.5) is 0 Å². The van der Waals surface area contributed by atoms with Gasteiger partial charge in [-0.3, -0.25) is 0 Å². The van der Waals surface area contributed by atoms with E-state index in [1.54, 1.807) is 11.3 Å². The molecule has 1 aromatic heterocycles. The molecule has 0 bridgehead atoms. The molecule has 2 rings (SSSR count). The molecule has 1 aromatic rings. The van der Waals surface area contributed by atoms with Crippen molar-refractivity contribution >= 4 is 11.3 Å². The van der Waals surface area contributed by atoms with Gasteiger partial charge in [-0.15, -0.1) is 11.3 Å². The van der Waals surface area contributed by atoms with Gasteiger partial charge in [0.25, 0.3) is 0 Å². The molecule has 1 atom stereocenters. The van der Waals surface area contributed by atoms with Crippen LogP contribution in [0, 0.1) is 6.92 Å². The smallest absolute Gasteiger partial charge is 0.123 e. The van der Waals surface area contributed by atoms with Crippen LogP contribution in [0.2, 0.25) is 0 Å². The van der Waals surface area contributed by atoms with Gasteiger partial charge in [-0.2, -0.15) is 0 Å². The number of morpholine rings is 1. The lowest BCUT2D eigenvalue weighted by molar-refractivity contribution is 0.0275. The van der Waals surface area contributed by atoms with Gasteiger partial charge < -0.3 is 10.1 Å². The molecule has 1 saturated heterocycles. The highest BCUT2D eigenvalue weighted by Crippen LogP contribution is 2.26. The summed E-state index contributed by atoms with van der Waals surface area (Å²) in [6.07, 6.45) is 1.19. The zero-order chi connectivity index (χ0) is 9.97. The molecule has 0 aliphatic carbocycles. The molecule has 0 saturated carbocycles. The average Bonchev–Trinajstić information content (AvgIpc) is 2.61. The Hall–Kier alpha value is -0.450. The first-order chi connectivity index (χ1) is 6.81. The van der Waals surface area contributed by atoms with Crippen LogP contribution in [0.5, 0.6) is 0 Å². The molecule has 1 aliphatic heterocycles. The maximum absolute atomic E-state index is 5.66. The molecule has 0 aromatic carbocycles. The molecule has 1 aliphatic rings. The quantitative estimate of drug-likeness (QED) is 0.810. The number of aromatic nitrogens is 1. The molecule has 4 heteroatoms. The van der Waals surface area contributed by atoms with E-state index in [4.69, 9.17) is 4.74 Å². The molecule has 1 fully saturated rings. The maximum Gasteiger partial charge on any atom is 0.123 e. The van der Waals surface area contributed by atoms with Crippen LogP contribution < -0.4 is 5.32 Å². The molecule has 3 nitrogen and oxygen atoms in total. The largest absolute Gasteiger partial charge is 0.368 e. The molecule has 2 heterocycles. The first-order valence-corrected chi connectivity index (χ1v) is 5.91. The number of nitrogens with zero attached hydrogens (tertiary/aromatic N) is 1. The fraction of sp³-hybridized carbons (Fsp3) is 0.700. The summed E-state index contributed by atoms with van der Waals surface area (Å²) < 4.78 is 5.66. The molecule has 78 valence electrons. The summed E-state index contributed by atoms with van der Waals surface area (Å²) in [6.45, 7) is 6.93. The van der Waals surface area contributed by atoms with Crippen molar-refractivity contribution in [3.63, 3.8) is 0 Å². The number of thiazole rings is 1. The Balaban J connectivity index is 2.14. The lowest BCUT2D eigenvalue weighted by Gasteiger charge is -2.21. The van der Waals surface area contributed by atoms with E-state index < -0.39 is 0 Å². The highest BCUT2D eigenvalue weighted by molar-refractivity contribution is 7.11. The predicted molar refractivity (Wildman–Crippen MR) is 57.8 cm³/mol. The summed E-state index contributed by atoms with van der Waals surface area (Å²) in [5.74, 6) is 0. The summed E-state index contributed by atoms with van der Waals surface area (Å²) in [6, 6.07) is 0. The first kappa shape index (κ1) is 10.1. The fourth-order valence-electron chi connectivity index (χ4n) is 1.64. The summed E-state index contributed by atoms with van der Waals surface area (Å²) in [5.41, 5.74) is 1.22. The Bertz CT molecular complexity index is 305. The SMILES string of the molecule is CCc1nc(C2CNCCO2)sc1C. The average molecular weight is 212 g/mol. The predicted octanol–water partition coefficient (Wildman–Crippen LogP) is 1.67. The van der Waals surface area contributed by atoms with E-state index in [0.717, 1.165) is 31.1 Å². The lowest BCUT2D eigenvalue weighted by atomic mass is 10.3. The number of aryl methyl sites for hydroxylation is 2. The van der Waals surface area contributed by atoms with E-state index in [0.29, 0.717) is 0 Å².